The summed E-state index contributed by atoms with van der Waals surface area (Å²) in [5.74, 6) is 2.16. The summed E-state index contributed by atoms with van der Waals surface area (Å²) in [6.07, 6.45) is 2.54. The fraction of sp³-hybridized carbons (Fsp3) is 0.348. The van der Waals surface area contributed by atoms with Crippen LogP contribution in [0.25, 0.3) is 11.0 Å². The van der Waals surface area contributed by atoms with Gasteiger partial charge in [0, 0.05) is 28.8 Å². The second-order valence-corrected chi connectivity index (χ2v) is 8.01. The van der Waals surface area contributed by atoms with E-state index in [1.807, 2.05) is 23.1 Å². The maximum Gasteiger partial charge on any atom is 0.339 e. The lowest BCUT2D eigenvalue weighted by Gasteiger charge is -2.32. The standard InChI is InChI=1S/C23H22ClNO6/c1-27-18-7-12(8-19(28-2)22(18)29-3)25-10-16-20-15(9-17(24)21(16)30-11-25)13-5-4-6-14(13)23(26)31-20/h7-9H,4-6,10-11H2,1-3H3. The molecule has 0 N–H and O–H groups in total. The Bertz CT molecular complexity index is 1230. The van der Waals surface area contributed by atoms with Crippen molar-refractivity contribution in [2.45, 2.75) is 25.8 Å². The quantitative estimate of drug-likeness (QED) is 0.556. The highest BCUT2D eigenvalue weighted by Crippen LogP contribution is 2.45. The highest BCUT2D eigenvalue weighted by molar-refractivity contribution is 6.33. The van der Waals surface area contributed by atoms with Crippen molar-refractivity contribution < 1.29 is 23.4 Å². The van der Waals surface area contributed by atoms with Gasteiger partial charge in [-0.1, -0.05) is 11.6 Å². The third kappa shape index (κ3) is 3.07. The van der Waals surface area contributed by atoms with Crippen molar-refractivity contribution >= 4 is 28.3 Å². The molecule has 7 nitrogen and oxygen atoms in total. The zero-order valence-corrected chi connectivity index (χ0v) is 18.3. The molecule has 0 saturated carbocycles. The molecule has 0 atom stereocenters. The van der Waals surface area contributed by atoms with Crippen LogP contribution in [-0.4, -0.2) is 28.1 Å². The summed E-state index contributed by atoms with van der Waals surface area (Å²) in [5, 5.41) is 1.42. The van der Waals surface area contributed by atoms with Gasteiger partial charge < -0.3 is 28.3 Å². The molecule has 1 aromatic heterocycles. The van der Waals surface area contributed by atoms with Crippen molar-refractivity contribution in [2.75, 3.05) is 33.0 Å². The number of nitrogens with zero attached hydrogens (tertiary/aromatic N) is 1. The Hall–Kier alpha value is -3.06. The van der Waals surface area contributed by atoms with Gasteiger partial charge in [-0.25, -0.2) is 4.79 Å². The first kappa shape index (κ1) is 19.9. The number of hydrogen-bond donors (Lipinski definition) is 0. The Morgan fingerprint density at radius 2 is 1.68 bits per heavy atom. The molecule has 162 valence electrons. The number of anilines is 1. The van der Waals surface area contributed by atoms with Crippen LogP contribution < -0.4 is 29.5 Å². The summed E-state index contributed by atoms with van der Waals surface area (Å²) in [4.78, 5) is 14.6. The molecule has 8 heteroatoms. The Kier molecular flexibility index (Phi) is 4.85. The molecule has 0 saturated heterocycles. The van der Waals surface area contributed by atoms with Crippen LogP contribution in [0.4, 0.5) is 5.69 Å². The molecule has 1 aliphatic heterocycles. The van der Waals surface area contributed by atoms with E-state index < -0.39 is 0 Å². The van der Waals surface area contributed by atoms with Gasteiger partial charge in [-0.15, -0.1) is 0 Å². The second-order valence-electron chi connectivity index (χ2n) is 7.60. The Balaban J connectivity index is 1.64. The van der Waals surface area contributed by atoms with E-state index in [1.54, 1.807) is 21.3 Å². The fourth-order valence-electron chi connectivity index (χ4n) is 4.52. The van der Waals surface area contributed by atoms with Gasteiger partial charge in [0.05, 0.1) is 38.5 Å². The Morgan fingerprint density at radius 3 is 2.35 bits per heavy atom. The number of aryl methyl sites for hydroxylation is 1. The Labute approximate surface area is 184 Å². The van der Waals surface area contributed by atoms with E-state index >= 15 is 0 Å². The first-order valence-corrected chi connectivity index (χ1v) is 10.4. The van der Waals surface area contributed by atoms with Crippen LogP contribution in [0.1, 0.15) is 23.1 Å². The van der Waals surface area contributed by atoms with Crippen LogP contribution in [0.5, 0.6) is 23.0 Å². The molecule has 31 heavy (non-hydrogen) atoms. The summed E-state index contributed by atoms with van der Waals surface area (Å²) in [6, 6.07) is 5.57. The summed E-state index contributed by atoms with van der Waals surface area (Å²) in [7, 11) is 4.71. The van der Waals surface area contributed by atoms with Crippen molar-refractivity contribution in [1.82, 2.24) is 0 Å². The predicted octanol–water partition coefficient (Wildman–Crippen LogP) is 4.32. The fourth-order valence-corrected chi connectivity index (χ4v) is 4.80. The molecule has 3 aromatic rings. The van der Waals surface area contributed by atoms with Gasteiger partial charge in [-0.2, -0.15) is 0 Å². The van der Waals surface area contributed by atoms with Crippen molar-refractivity contribution in [2.24, 2.45) is 0 Å². The summed E-state index contributed by atoms with van der Waals surface area (Å²) >= 11 is 6.57. The molecular formula is C23H22ClNO6. The molecule has 0 unspecified atom stereocenters. The number of halogens is 1. The smallest absolute Gasteiger partial charge is 0.339 e. The van der Waals surface area contributed by atoms with Crippen LogP contribution in [0.2, 0.25) is 5.02 Å². The van der Waals surface area contributed by atoms with Gasteiger partial charge in [-0.3, -0.25) is 0 Å². The minimum absolute atomic E-state index is 0.269. The van der Waals surface area contributed by atoms with Crippen molar-refractivity contribution in [3.8, 4) is 23.0 Å². The van der Waals surface area contributed by atoms with E-state index in [0.717, 1.165) is 47.0 Å². The number of hydrogen-bond acceptors (Lipinski definition) is 7. The zero-order valence-electron chi connectivity index (χ0n) is 17.5. The van der Waals surface area contributed by atoms with E-state index in [1.165, 1.54) is 0 Å². The minimum atomic E-state index is -0.269. The minimum Gasteiger partial charge on any atom is -0.493 e. The van der Waals surface area contributed by atoms with E-state index in [2.05, 4.69) is 0 Å². The molecule has 0 fully saturated rings. The molecule has 1 aliphatic carbocycles. The van der Waals surface area contributed by atoms with Crippen LogP contribution >= 0.6 is 11.6 Å². The van der Waals surface area contributed by atoms with Crippen molar-refractivity contribution in [3.63, 3.8) is 0 Å². The van der Waals surface area contributed by atoms with E-state index in [9.17, 15) is 4.79 Å². The van der Waals surface area contributed by atoms with Crippen LogP contribution in [0, 0.1) is 0 Å². The molecular weight excluding hydrogens is 422 g/mol. The lowest BCUT2D eigenvalue weighted by Crippen LogP contribution is -2.32. The first-order chi connectivity index (χ1) is 15.0. The number of benzene rings is 2. The van der Waals surface area contributed by atoms with Crippen LogP contribution in [-0.2, 0) is 19.4 Å². The summed E-state index contributed by atoms with van der Waals surface area (Å²) < 4.78 is 28.2. The van der Waals surface area contributed by atoms with E-state index in [4.69, 9.17) is 35.0 Å². The molecule has 2 aromatic carbocycles. The summed E-state index contributed by atoms with van der Waals surface area (Å²) in [5.41, 5.74) is 3.66. The Morgan fingerprint density at radius 1 is 0.968 bits per heavy atom. The van der Waals surface area contributed by atoms with Crippen molar-refractivity contribution in [3.05, 3.63) is 50.3 Å². The van der Waals surface area contributed by atoms with Gasteiger partial charge in [0.15, 0.2) is 18.2 Å². The molecule has 0 radical (unpaired) electrons. The number of ether oxygens (including phenoxy) is 4. The first-order valence-electron chi connectivity index (χ1n) is 10.0. The maximum atomic E-state index is 12.6. The van der Waals surface area contributed by atoms with Gasteiger partial charge in [0.1, 0.15) is 11.3 Å². The van der Waals surface area contributed by atoms with Gasteiger partial charge >= 0.3 is 5.63 Å². The topological polar surface area (TPSA) is 70.4 Å². The maximum absolute atomic E-state index is 12.6. The normalized spacial score (nSPS) is 14.8. The molecule has 0 amide bonds. The zero-order chi connectivity index (χ0) is 21.7. The molecule has 0 spiro atoms. The molecule has 5 rings (SSSR count). The SMILES string of the molecule is COc1cc(N2COc3c(Cl)cc4c5c(c(=O)oc4c3C2)CCC5)cc(OC)c1OC. The average molecular weight is 444 g/mol. The number of fused-ring (bicyclic) bond motifs is 5. The van der Waals surface area contributed by atoms with Gasteiger partial charge in [0.25, 0.3) is 0 Å². The van der Waals surface area contributed by atoms with Crippen LogP contribution in [0.15, 0.2) is 27.4 Å². The third-order valence-corrected chi connectivity index (χ3v) is 6.27. The molecule has 0 bridgehead atoms. The highest BCUT2D eigenvalue weighted by atomic mass is 35.5. The van der Waals surface area contributed by atoms with Crippen LogP contribution in [0.3, 0.4) is 0 Å². The summed E-state index contributed by atoms with van der Waals surface area (Å²) in [6.45, 7) is 0.721. The molecule has 2 heterocycles. The second kappa shape index (κ2) is 7.57. The van der Waals surface area contributed by atoms with Gasteiger partial charge in [-0.05, 0) is 30.9 Å². The van der Waals surface area contributed by atoms with Gasteiger partial charge in [0.2, 0.25) is 5.75 Å². The number of rotatable bonds is 4. The lowest BCUT2D eigenvalue weighted by atomic mass is 10.0. The lowest BCUT2D eigenvalue weighted by molar-refractivity contribution is 0.288. The molecule has 2 aliphatic rings. The monoisotopic (exact) mass is 443 g/mol. The number of methoxy groups -OCH3 is 3. The predicted molar refractivity (Wildman–Crippen MR) is 117 cm³/mol. The largest absolute Gasteiger partial charge is 0.493 e. The van der Waals surface area contributed by atoms with E-state index in [0.29, 0.717) is 40.1 Å². The third-order valence-electron chi connectivity index (χ3n) is 5.99. The average Bonchev–Trinajstić information content (AvgIpc) is 3.30. The van der Waals surface area contributed by atoms with Crippen molar-refractivity contribution in [1.29, 1.82) is 0 Å². The highest BCUT2D eigenvalue weighted by Gasteiger charge is 2.29. The van der Waals surface area contributed by atoms with E-state index in [-0.39, 0.29) is 12.4 Å².